The Morgan fingerprint density at radius 2 is 1.37 bits per heavy atom. The normalized spacial score (nSPS) is 16.7. The van der Waals surface area contributed by atoms with E-state index in [0.29, 0.717) is 13.0 Å². The fourth-order valence-electron chi connectivity index (χ4n) is 4.49. The summed E-state index contributed by atoms with van der Waals surface area (Å²) in [5.74, 6) is -0.286. The molecule has 1 aromatic carbocycles. The van der Waals surface area contributed by atoms with E-state index in [9.17, 15) is 9.90 Å². The average Bonchev–Trinajstić information content (AvgIpc) is 2.89. The molecule has 8 heteroatoms. The van der Waals surface area contributed by atoms with Crippen molar-refractivity contribution in [2.45, 2.75) is 149 Å². The summed E-state index contributed by atoms with van der Waals surface area (Å²) in [5.41, 5.74) is 1.09. The van der Waals surface area contributed by atoms with E-state index in [1.54, 1.807) is 14.0 Å². The van der Waals surface area contributed by atoms with Crippen molar-refractivity contribution < 1.29 is 28.2 Å². The van der Waals surface area contributed by atoms with Gasteiger partial charge in [-0.15, -0.1) is 6.58 Å². The van der Waals surface area contributed by atoms with Crippen LogP contribution in [-0.2, 0) is 25.0 Å². The van der Waals surface area contributed by atoms with Crippen LogP contribution in [0.3, 0.4) is 0 Å². The highest BCUT2D eigenvalue weighted by Crippen LogP contribution is 2.40. The van der Waals surface area contributed by atoms with Gasteiger partial charge in [0.1, 0.15) is 5.75 Å². The Balaban J connectivity index is 3.22. The van der Waals surface area contributed by atoms with Crippen LogP contribution in [0.5, 0.6) is 5.75 Å². The number of ether oxygens (including phenoxy) is 2. The maximum atomic E-state index is 12.1. The van der Waals surface area contributed by atoms with Crippen molar-refractivity contribution in [2.24, 2.45) is 11.8 Å². The molecule has 0 unspecified atom stereocenters. The van der Waals surface area contributed by atoms with Crippen molar-refractivity contribution in [1.82, 2.24) is 0 Å². The van der Waals surface area contributed by atoms with Gasteiger partial charge in [-0.1, -0.05) is 66.7 Å². The second-order valence-corrected chi connectivity index (χ2v) is 25.0. The molecule has 0 aromatic heterocycles. The number of benzene rings is 1. The van der Waals surface area contributed by atoms with Crippen molar-refractivity contribution in [3.8, 4) is 5.75 Å². The molecule has 0 saturated carbocycles. The molecule has 0 fully saturated rings. The van der Waals surface area contributed by atoms with Gasteiger partial charge >= 0.3 is 5.97 Å². The lowest BCUT2D eigenvalue weighted by atomic mass is 9.90. The summed E-state index contributed by atoms with van der Waals surface area (Å²) in [6.07, 6.45) is 5.60. The number of rotatable bonds is 19. The van der Waals surface area contributed by atoms with Crippen molar-refractivity contribution in [3.63, 3.8) is 0 Å². The molecule has 0 aliphatic carbocycles. The minimum absolute atomic E-state index is 0.00651. The predicted octanol–water partition coefficient (Wildman–Crippen LogP) is 9.85. The van der Waals surface area contributed by atoms with Gasteiger partial charge in [-0.2, -0.15) is 0 Å². The quantitative estimate of drug-likeness (QED) is 0.120. The van der Waals surface area contributed by atoms with E-state index in [1.807, 2.05) is 30.3 Å². The third-order valence-electron chi connectivity index (χ3n) is 9.72. The molecule has 0 amide bonds. The van der Waals surface area contributed by atoms with Gasteiger partial charge in [0.2, 0.25) is 0 Å². The Morgan fingerprint density at radius 3 is 1.81 bits per heavy atom. The monoisotopic (exact) mass is 636 g/mol. The minimum Gasteiger partial charge on any atom is -0.497 e. The Kier molecular flexibility index (Phi) is 15.4. The fourth-order valence-corrected chi connectivity index (χ4v) is 7.28. The first-order valence-corrected chi connectivity index (χ1v) is 21.9. The molecule has 0 heterocycles. The van der Waals surface area contributed by atoms with E-state index < -0.39 is 28.5 Å². The van der Waals surface area contributed by atoms with Crippen LogP contribution in [0.1, 0.15) is 93.1 Å². The van der Waals surface area contributed by atoms with Gasteiger partial charge in [-0.05, 0) is 98.9 Å². The van der Waals surface area contributed by atoms with E-state index in [-0.39, 0.29) is 34.3 Å². The van der Waals surface area contributed by atoms with Crippen LogP contribution in [0.15, 0.2) is 36.9 Å². The Morgan fingerprint density at radius 1 is 0.860 bits per heavy atom. The molecule has 1 N–H and O–H groups in total. The third-order valence-corrected chi connectivity index (χ3v) is 18.7. The van der Waals surface area contributed by atoms with E-state index in [0.717, 1.165) is 37.0 Å². The Bertz CT molecular complexity index is 978. The summed E-state index contributed by atoms with van der Waals surface area (Å²) in [5, 5.41) is 9.99. The van der Waals surface area contributed by atoms with Gasteiger partial charge in [0.25, 0.3) is 0 Å². The molecule has 248 valence electrons. The van der Waals surface area contributed by atoms with Crippen molar-refractivity contribution in [1.29, 1.82) is 0 Å². The standard InChI is InChI=1S/C35H64O6Si2/c1-15-16-17-31(40-42(11,12)34(4,5)6)30(39-25-28-19-21-29(38-10)22-20-28)23-18-26(2)24-32(27(3)33(36)37)41-43(13,14)35(7,8)9/h15,19-22,26-27,30-32H,1,16-18,23-25H2,2-14H3,(H,36,37)/t26-,27-,30-,31-,32+/m0/s1. The number of allylic oxidation sites excluding steroid dienone is 1. The Hall–Kier alpha value is -1.46. The molecular formula is C35H64O6Si2. The van der Waals surface area contributed by atoms with Crippen LogP contribution in [0.4, 0.5) is 0 Å². The summed E-state index contributed by atoms with van der Waals surface area (Å²) >= 11 is 0. The van der Waals surface area contributed by atoms with Crippen molar-refractivity contribution in [3.05, 3.63) is 42.5 Å². The summed E-state index contributed by atoms with van der Waals surface area (Å²) in [7, 11) is -2.54. The van der Waals surface area contributed by atoms with Crippen molar-refractivity contribution in [2.75, 3.05) is 7.11 Å². The number of carbonyl (C=O) groups is 1. The molecule has 1 aromatic rings. The van der Waals surface area contributed by atoms with E-state index in [4.69, 9.17) is 18.3 Å². The zero-order valence-corrected chi connectivity index (χ0v) is 31.7. The number of carboxylic acids is 1. The van der Waals surface area contributed by atoms with E-state index >= 15 is 0 Å². The molecule has 0 radical (unpaired) electrons. The second kappa shape index (κ2) is 16.7. The van der Waals surface area contributed by atoms with E-state index in [2.05, 4.69) is 81.2 Å². The number of aliphatic carboxylic acids is 1. The van der Waals surface area contributed by atoms with Gasteiger partial charge < -0.3 is 23.4 Å². The molecule has 43 heavy (non-hydrogen) atoms. The van der Waals surface area contributed by atoms with Gasteiger partial charge in [0.05, 0.1) is 37.9 Å². The van der Waals surface area contributed by atoms with Crippen LogP contribution in [0.2, 0.25) is 36.3 Å². The van der Waals surface area contributed by atoms with Crippen LogP contribution in [0, 0.1) is 11.8 Å². The average molecular weight is 637 g/mol. The van der Waals surface area contributed by atoms with Crippen LogP contribution >= 0.6 is 0 Å². The number of hydrogen-bond acceptors (Lipinski definition) is 5. The first kappa shape index (κ1) is 39.6. The van der Waals surface area contributed by atoms with Gasteiger partial charge in [0.15, 0.2) is 16.6 Å². The lowest BCUT2D eigenvalue weighted by Gasteiger charge is -2.42. The highest BCUT2D eigenvalue weighted by Gasteiger charge is 2.42. The largest absolute Gasteiger partial charge is 0.497 e. The number of methoxy groups -OCH3 is 1. The summed E-state index contributed by atoms with van der Waals surface area (Å²) in [4.78, 5) is 12.1. The zero-order valence-electron chi connectivity index (χ0n) is 29.7. The highest BCUT2D eigenvalue weighted by molar-refractivity contribution is 6.74. The molecular weight excluding hydrogens is 573 g/mol. The molecule has 5 atom stereocenters. The topological polar surface area (TPSA) is 74.2 Å². The Labute approximate surface area is 266 Å². The smallest absolute Gasteiger partial charge is 0.308 e. The summed E-state index contributed by atoms with van der Waals surface area (Å²) in [6, 6.07) is 8.01. The lowest BCUT2D eigenvalue weighted by molar-refractivity contribution is -0.144. The molecule has 1 rings (SSSR count). The lowest BCUT2D eigenvalue weighted by Crippen LogP contribution is -2.48. The summed E-state index contributed by atoms with van der Waals surface area (Å²) in [6.45, 7) is 30.9. The third kappa shape index (κ3) is 12.8. The molecule has 6 nitrogen and oxygen atoms in total. The summed E-state index contributed by atoms with van der Waals surface area (Å²) < 4.78 is 25.8. The first-order chi connectivity index (χ1) is 19.6. The van der Waals surface area contributed by atoms with Crippen LogP contribution < -0.4 is 4.74 Å². The molecule has 0 spiro atoms. The number of hydrogen-bond donors (Lipinski definition) is 1. The SMILES string of the molecule is C=CCC[C@H](O[Si](C)(C)C(C)(C)C)[C@H](CC[C@H](C)C[C@@H](O[Si](C)(C)C(C)(C)C)[C@H](C)C(=O)O)OCc1ccc(OC)cc1. The van der Waals surface area contributed by atoms with Crippen molar-refractivity contribution >= 4 is 22.6 Å². The first-order valence-electron chi connectivity index (χ1n) is 16.1. The van der Waals surface area contributed by atoms with Crippen LogP contribution in [0.25, 0.3) is 0 Å². The molecule has 0 aliphatic heterocycles. The molecule has 0 bridgehead atoms. The van der Waals surface area contributed by atoms with E-state index in [1.165, 1.54) is 0 Å². The minimum atomic E-state index is -2.14. The zero-order chi connectivity index (χ0) is 33.2. The molecule has 0 aliphatic rings. The van der Waals surface area contributed by atoms with Crippen LogP contribution in [-0.4, -0.2) is 53.1 Å². The van der Waals surface area contributed by atoms with Gasteiger partial charge in [-0.25, -0.2) is 0 Å². The fraction of sp³-hybridized carbons (Fsp3) is 0.743. The maximum Gasteiger partial charge on any atom is 0.308 e. The number of carboxylic acid groups (broad SMARTS) is 1. The highest BCUT2D eigenvalue weighted by atomic mass is 28.4. The maximum absolute atomic E-state index is 12.1. The second-order valence-electron chi connectivity index (χ2n) is 15.4. The van der Waals surface area contributed by atoms with Gasteiger partial charge in [-0.3, -0.25) is 4.79 Å². The molecule has 0 saturated heterocycles. The predicted molar refractivity (Wildman–Crippen MR) is 185 cm³/mol. The van der Waals surface area contributed by atoms with Gasteiger partial charge in [0, 0.05) is 0 Å².